The fourth-order valence-corrected chi connectivity index (χ4v) is 2.71. The molecule has 0 atom stereocenters. The Morgan fingerprint density at radius 3 is 2.20 bits per heavy atom. The summed E-state index contributed by atoms with van der Waals surface area (Å²) in [6.45, 7) is 1.82. The molecule has 0 fully saturated rings. The molecule has 0 aliphatic carbocycles. The molecule has 0 spiro atoms. The maximum Gasteiger partial charge on any atom is 0.275 e. The average molecular weight is 426 g/mol. The number of aryl methyl sites for hydroxylation is 1. The van der Waals surface area contributed by atoms with Crippen LogP contribution in [-0.2, 0) is 14.7 Å². The van der Waals surface area contributed by atoms with Crippen LogP contribution in [0.25, 0.3) is 0 Å². The van der Waals surface area contributed by atoms with Gasteiger partial charge in [-0.05, 0) is 59.3 Å². The van der Waals surface area contributed by atoms with Crippen molar-refractivity contribution in [3.8, 4) is 0 Å². The van der Waals surface area contributed by atoms with Gasteiger partial charge in [0, 0.05) is 12.1 Å². The van der Waals surface area contributed by atoms with Crippen LogP contribution in [0.5, 0.6) is 0 Å². The molecule has 0 saturated heterocycles. The molecule has 0 aliphatic rings. The fraction of sp³-hybridized carbons (Fsp3) is 0.154. The van der Waals surface area contributed by atoms with Crippen LogP contribution < -0.4 is 4.57 Å². The molecule has 2 aromatic rings. The molecular weight excluding hydrogens is 413 g/mol. The first-order valence-electron chi connectivity index (χ1n) is 5.57. The van der Waals surface area contributed by atoms with E-state index in [0.29, 0.717) is 0 Å². The number of hydrogen-bond acceptors (Lipinski definition) is 3. The number of alkyl halides is 1. The lowest BCUT2D eigenvalue weighted by Crippen LogP contribution is -2.30. The van der Waals surface area contributed by atoms with E-state index < -0.39 is 10.1 Å². The molecule has 0 aliphatic heterocycles. The maximum absolute atomic E-state index is 10.4. The summed E-state index contributed by atoms with van der Waals surface area (Å²) in [6.07, 6.45) is 1.95. The van der Waals surface area contributed by atoms with Crippen molar-refractivity contribution in [2.24, 2.45) is 0 Å². The molecule has 0 unspecified atom stereocenters. The van der Waals surface area contributed by atoms with Gasteiger partial charge in [0.1, 0.15) is 10.1 Å². The van der Waals surface area contributed by atoms with Crippen LogP contribution in [0.1, 0.15) is 5.56 Å². The number of rotatable bonds is 2. The average Bonchev–Trinajstić information content (AvgIpc) is 2.39. The van der Waals surface area contributed by atoms with Crippen LogP contribution in [0.3, 0.4) is 0 Å². The van der Waals surface area contributed by atoms with E-state index in [2.05, 4.69) is 22.6 Å². The normalized spacial score (nSPS) is 10.6. The Balaban J connectivity index is 0.000000204. The molecule has 0 N–H and O–H groups in total. The van der Waals surface area contributed by atoms with Crippen LogP contribution in [0.4, 0.5) is 0 Å². The predicted molar refractivity (Wildman–Crippen MR) is 84.8 cm³/mol. The van der Waals surface area contributed by atoms with Crippen molar-refractivity contribution < 1.29 is 17.5 Å². The van der Waals surface area contributed by atoms with Crippen molar-refractivity contribution in [1.29, 1.82) is 0 Å². The molecule has 0 amide bonds. The molecule has 7 heteroatoms. The van der Waals surface area contributed by atoms with Gasteiger partial charge >= 0.3 is 0 Å². The lowest BCUT2D eigenvalue weighted by atomic mass is 10.2. The Bertz CT molecular complexity index is 660. The van der Waals surface area contributed by atoms with E-state index in [1.807, 2.05) is 35.9 Å². The molecule has 1 aromatic heterocycles. The topological polar surface area (TPSA) is 61.1 Å². The summed E-state index contributed by atoms with van der Waals surface area (Å²) in [4.78, 5) is -0.178. The summed E-state index contributed by atoms with van der Waals surface area (Å²) in [5, 5.41) is 0.784. The number of halogens is 2. The molecule has 0 radical (unpaired) electrons. The van der Waals surface area contributed by atoms with Gasteiger partial charge in [-0.3, -0.25) is 0 Å². The molecule has 20 heavy (non-hydrogen) atoms. The van der Waals surface area contributed by atoms with Crippen LogP contribution in [0.15, 0.2) is 53.6 Å². The first kappa shape index (κ1) is 17.4. The van der Waals surface area contributed by atoms with Crippen molar-refractivity contribution in [2.75, 3.05) is 0 Å². The highest BCUT2D eigenvalue weighted by Gasteiger charge is 2.00. The summed E-state index contributed by atoms with van der Waals surface area (Å²) >= 11 is 8.04. The maximum atomic E-state index is 10.4. The van der Waals surface area contributed by atoms with Crippen LogP contribution in [0, 0.1) is 6.92 Å². The first-order chi connectivity index (χ1) is 9.34. The molecule has 108 valence electrons. The third-order valence-electron chi connectivity index (χ3n) is 2.32. The van der Waals surface area contributed by atoms with Gasteiger partial charge in [0.25, 0.3) is 5.15 Å². The number of aromatic nitrogens is 1. The zero-order valence-corrected chi connectivity index (χ0v) is 14.4. The van der Waals surface area contributed by atoms with Gasteiger partial charge in [0.05, 0.1) is 4.90 Å². The smallest absolute Gasteiger partial charge is 0.275 e. The third-order valence-corrected chi connectivity index (χ3v) is 4.25. The van der Waals surface area contributed by atoms with E-state index in [-0.39, 0.29) is 4.90 Å². The zero-order chi connectivity index (χ0) is 15.2. The fourth-order valence-electron chi connectivity index (χ4n) is 1.26. The van der Waals surface area contributed by atoms with Crippen molar-refractivity contribution in [3.05, 3.63) is 59.4 Å². The molecule has 4 nitrogen and oxygen atoms in total. The third kappa shape index (κ3) is 5.74. The Labute approximate surface area is 137 Å². The standard InChI is InChI=1S/C7H8O3S.C6H6ClIN/c1-6-2-4-7(5-3-6)11(8,9)10;7-6-3-1-2-4-9(6)5-8/h2-5H,1H3,(H,8,9,10);1-4H,5H2/q;+1/p-1. The summed E-state index contributed by atoms with van der Waals surface area (Å²) in [5.74, 6) is 0. The van der Waals surface area contributed by atoms with Gasteiger partial charge in [-0.15, -0.1) is 0 Å². The highest BCUT2D eigenvalue weighted by Crippen LogP contribution is 2.08. The van der Waals surface area contributed by atoms with E-state index in [9.17, 15) is 13.0 Å². The minimum atomic E-state index is -4.27. The van der Waals surface area contributed by atoms with E-state index >= 15 is 0 Å². The van der Waals surface area contributed by atoms with Crippen molar-refractivity contribution in [3.63, 3.8) is 0 Å². The quantitative estimate of drug-likeness (QED) is 0.244. The molecule has 0 bridgehead atoms. The molecule has 1 heterocycles. The number of nitrogens with zero attached hydrogens (tertiary/aromatic N) is 1. The van der Waals surface area contributed by atoms with Crippen molar-refractivity contribution >= 4 is 44.3 Å². The predicted octanol–water partition coefficient (Wildman–Crippen LogP) is 2.92. The van der Waals surface area contributed by atoms with Gasteiger partial charge in [-0.2, -0.15) is 4.57 Å². The van der Waals surface area contributed by atoms with Crippen LogP contribution in [0.2, 0.25) is 5.15 Å². The van der Waals surface area contributed by atoms with Crippen molar-refractivity contribution in [1.82, 2.24) is 0 Å². The Morgan fingerprint density at radius 1 is 1.20 bits per heavy atom. The van der Waals surface area contributed by atoms with Gasteiger partial charge in [0.2, 0.25) is 0 Å². The highest BCUT2D eigenvalue weighted by atomic mass is 127. The van der Waals surface area contributed by atoms with E-state index in [0.717, 1.165) is 15.3 Å². The molecule has 1 aromatic carbocycles. The monoisotopic (exact) mass is 425 g/mol. The minimum Gasteiger partial charge on any atom is -0.744 e. The van der Waals surface area contributed by atoms with E-state index in [1.165, 1.54) is 12.1 Å². The minimum absolute atomic E-state index is 0.178. The SMILES string of the molecule is Cc1ccc(S(=O)(=O)[O-])cc1.Clc1cccc[n+]1CI. The Hall–Kier alpha value is -0.700. The number of hydrogen-bond donors (Lipinski definition) is 0. The van der Waals surface area contributed by atoms with E-state index in [4.69, 9.17) is 11.6 Å². The molecule has 2 rings (SSSR count). The number of benzene rings is 1. The second-order valence-corrected chi connectivity index (χ2v) is 6.33. The summed E-state index contributed by atoms with van der Waals surface area (Å²) in [7, 11) is -4.27. The van der Waals surface area contributed by atoms with Crippen LogP contribution >= 0.6 is 34.2 Å². The second-order valence-electron chi connectivity index (χ2n) is 3.88. The van der Waals surface area contributed by atoms with Gasteiger partial charge in [-0.25, -0.2) is 8.42 Å². The molecule has 0 saturated carbocycles. The highest BCUT2D eigenvalue weighted by molar-refractivity contribution is 14.1. The lowest BCUT2D eigenvalue weighted by Gasteiger charge is -2.05. The largest absolute Gasteiger partial charge is 0.744 e. The van der Waals surface area contributed by atoms with Gasteiger partial charge in [0.15, 0.2) is 10.7 Å². The van der Waals surface area contributed by atoms with Gasteiger partial charge in [-0.1, -0.05) is 17.7 Å². The van der Waals surface area contributed by atoms with E-state index in [1.54, 1.807) is 12.1 Å². The lowest BCUT2D eigenvalue weighted by molar-refractivity contribution is -0.668. The van der Waals surface area contributed by atoms with Crippen LogP contribution in [-0.4, -0.2) is 13.0 Å². The number of pyridine rings is 1. The second kappa shape index (κ2) is 7.92. The zero-order valence-electron chi connectivity index (χ0n) is 10.7. The summed E-state index contributed by atoms with van der Waals surface area (Å²) in [6, 6.07) is 11.5. The van der Waals surface area contributed by atoms with Crippen molar-refractivity contribution in [2.45, 2.75) is 16.4 Å². The van der Waals surface area contributed by atoms with Gasteiger partial charge < -0.3 is 4.55 Å². The first-order valence-corrected chi connectivity index (χ1v) is 8.88. The summed E-state index contributed by atoms with van der Waals surface area (Å²) < 4.78 is 34.0. The molecular formula is C13H13ClINO3S. The Kier molecular flexibility index (Phi) is 6.87. The summed E-state index contributed by atoms with van der Waals surface area (Å²) in [5.41, 5.74) is 0.928. The Morgan fingerprint density at radius 2 is 1.80 bits per heavy atom.